The van der Waals surface area contributed by atoms with E-state index in [0.29, 0.717) is 0 Å². The van der Waals surface area contributed by atoms with Crippen LogP contribution in [-0.2, 0) is 12.8 Å². The topological polar surface area (TPSA) is 68.6 Å². The van der Waals surface area contributed by atoms with Crippen LogP contribution in [0.5, 0.6) is 11.5 Å². The molecule has 0 saturated heterocycles. The Bertz CT molecular complexity index is 997. The zero-order valence-electron chi connectivity index (χ0n) is 15.0. The SMILES string of the molecule is COc1ccc(/C(C)=N\Nc2ncnc3sc4c(c23)CCC4)c(OC)c1. The molecule has 134 valence electrons. The number of benzene rings is 1. The van der Waals surface area contributed by atoms with Gasteiger partial charge in [0.1, 0.15) is 22.7 Å². The molecule has 3 aromatic rings. The second-order valence-electron chi connectivity index (χ2n) is 6.14. The average molecular weight is 368 g/mol. The standard InChI is InChI=1S/C19H20N4O2S/c1-11(13-8-7-12(24-2)9-15(13)25-3)22-23-18-17-14-5-4-6-16(14)26-19(17)21-10-20-18/h7-10H,4-6H2,1-3H3,(H,20,21,23)/b22-11-. The number of anilines is 1. The minimum atomic E-state index is 0.719. The number of methoxy groups -OCH3 is 2. The van der Waals surface area contributed by atoms with E-state index in [1.54, 1.807) is 31.9 Å². The summed E-state index contributed by atoms with van der Waals surface area (Å²) in [6, 6.07) is 5.69. The molecule has 0 aliphatic heterocycles. The number of fused-ring (bicyclic) bond motifs is 3. The van der Waals surface area contributed by atoms with Crippen LogP contribution >= 0.6 is 11.3 Å². The minimum Gasteiger partial charge on any atom is -0.497 e. The zero-order valence-corrected chi connectivity index (χ0v) is 15.8. The third-order valence-corrected chi connectivity index (χ3v) is 5.83. The van der Waals surface area contributed by atoms with Crippen LogP contribution in [0, 0.1) is 0 Å². The fourth-order valence-electron chi connectivity index (χ4n) is 3.31. The Morgan fingerprint density at radius 1 is 1.19 bits per heavy atom. The van der Waals surface area contributed by atoms with Crippen LogP contribution < -0.4 is 14.9 Å². The second kappa shape index (κ2) is 6.92. The summed E-state index contributed by atoms with van der Waals surface area (Å²) >= 11 is 1.77. The van der Waals surface area contributed by atoms with Crippen molar-refractivity contribution in [1.29, 1.82) is 0 Å². The summed E-state index contributed by atoms with van der Waals surface area (Å²) in [5.41, 5.74) is 6.23. The fraction of sp³-hybridized carbons (Fsp3) is 0.316. The van der Waals surface area contributed by atoms with Gasteiger partial charge in [-0.2, -0.15) is 5.10 Å². The normalized spacial score (nSPS) is 13.7. The summed E-state index contributed by atoms with van der Waals surface area (Å²) in [7, 11) is 3.28. The lowest BCUT2D eigenvalue weighted by Gasteiger charge is -2.10. The molecule has 1 N–H and O–H groups in total. The van der Waals surface area contributed by atoms with Crippen molar-refractivity contribution in [3.8, 4) is 11.5 Å². The predicted octanol–water partition coefficient (Wildman–Crippen LogP) is 4.03. The van der Waals surface area contributed by atoms with E-state index in [4.69, 9.17) is 9.47 Å². The van der Waals surface area contributed by atoms with Gasteiger partial charge in [-0.1, -0.05) is 0 Å². The molecule has 0 bridgehead atoms. The summed E-state index contributed by atoms with van der Waals surface area (Å²) in [5.74, 6) is 2.23. The fourth-order valence-corrected chi connectivity index (χ4v) is 4.54. The van der Waals surface area contributed by atoms with Gasteiger partial charge in [0.15, 0.2) is 5.82 Å². The molecular weight excluding hydrogens is 348 g/mol. The molecule has 6 nitrogen and oxygen atoms in total. The molecule has 2 heterocycles. The molecule has 0 unspecified atom stereocenters. The van der Waals surface area contributed by atoms with Crippen molar-refractivity contribution in [2.45, 2.75) is 26.2 Å². The molecule has 1 aliphatic rings. The molecule has 0 spiro atoms. The Balaban J connectivity index is 1.67. The molecule has 0 amide bonds. The van der Waals surface area contributed by atoms with Crippen molar-refractivity contribution in [3.05, 3.63) is 40.5 Å². The summed E-state index contributed by atoms with van der Waals surface area (Å²) in [4.78, 5) is 11.3. The van der Waals surface area contributed by atoms with Crippen LogP contribution in [0.25, 0.3) is 10.2 Å². The number of aryl methyl sites for hydroxylation is 2. The minimum absolute atomic E-state index is 0.719. The van der Waals surface area contributed by atoms with E-state index in [2.05, 4.69) is 20.5 Å². The average Bonchev–Trinajstić information content (AvgIpc) is 3.26. The van der Waals surface area contributed by atoms with Gasteiger partial charge in [-0.05, 0) is 43.9 Å². The highest BCUT2D eigenvalue weighted by Gasteiger charge is 2.21. The van der Waals surface area contributed by atoms with Gasteiger partial charge < -0.3 is 9.47 Å². The lowest BCUT2D eigenvalue weighted by atomic mass is 10.1. The first kappa shape index (κ1) is 16.8. The molecule has 26 heavy (non-hydrogen) atoms. The highest BCUT2D eigenvalue weighted by molar-refractivity contribution is 7.19. The summed E-state index contributed by atoms with van der Waals surface area (Å²) in [6.45, 7) is 1.94. The van der Waals surface area contributed by atoms with Gasteiger partial charge in [0.05, 0.1) is 25.3 Å². The molecule has 7 heteroatoms. The molecule has 1 aromatic carbocycles. The lowest BCUT2D eigenvalue weighted by Crippen LogP contribution is -2.04. The van der Waals surface area contributed by atoms with Gasteiger partial charge in [-0.15, -0.1) is 11.3 Å². The maximum atomic E-state index is 5.47. The zero-order chi connectivity index (χ0) is 18.1. The van der Waals surface area contributed by atoms with Crippen molar-refractivity contribution in [3.63, 3.8) is 0 Å². The maximum absolute atomic E-state index is 5.47. The molecule has 0 atom stereocenters. The van der Waals surface area contributed by atoms with E-state index in [1.165, 1.54) is 16.9 Å². The van der Waals surface area contributed by atoms with Crippen molar-refractivity contribution in [2.24, 2.45) is 5.10 Å². The van der Waals surface area contributed by atoms with Crippen molar-refractivity contribution >= 4 is 33.1 Å². The van der Waals surface area contributed by atoms with E-state index in [9.17, 15) is 0 Å². The smallest absolute Gasteiger partial charge is 0.158 e. The molecule has 0 saturated carbocycles. The summed E-state index contributed by atoms with van der Waals surface area (Å²) < 4.78 is 10.7. The quantitative estimate of drug-likeness (QED) is 0.544. The van der Waals surface area contributed by atoms with E-state index < -0.39 is 0 Å². The van der Waals surface area contributed by atoms with Crippen LogP contribution in [0.2, 0.25) is 0 Å². The first-order chi connectivity index (χ1) is 12.7. The van der Waals surface area contributed by atoms with Gasteiger partial charge in [0.25, 0.3) is 0 Å². The highest BCUT2D eigenvalue weighted by atomic mass is 32.1. The number of ether oxygens (including phenoxy) is 2. The number of rotatable bonds is 5. The van der Waals surface area contributed by atoms with Gasteiger partial charge in [0, 0.05) is 16.5 Å². The van der Waals surface area contributed by atoms with Crippen molar-refractivity contribution in [1.82, 2.24) is 9.97 Å². The molecule has 2 aromatic heterocycles. The predicted molar refractivity (Wildman–Crippen MR) is 105 cm³/mol. The van der Waals surface area contributed by atoms with Crippen LogP contribution in [0.4, 0.5) is 5.82 Å². The van der Waals surface area contributed by atoms with Crippen LogP contribution in [0.15, 0.2) is 29.6 Å². The first-order valence-corrected chi connectivity index (χ1v) is 9.31. The number of nitrogens with one attached hydrogen (secondary N) is 1. The Morgan fingerprint density at radius 3 is 2.88 bits per heavy atom. The number of hydrazone groups is 1. The summed E-state index contributed by atoms with van der Waals surface area (Å²) in [5, 5.41) is 5.66. The van der Waals surface area contributed by atoms with Crippen molar-refractivity contribution < 1.29 is 9.47 Å². The molecular formula is C19H20N4O2S. The monoisotopic (exact) mass is 368 g/mol. The lowest BCUT2D eigenvalue weighted by molar-refractivity contribution is 0.394. The summed E-state index contributed by atoms with van der Waals surface area (Å²) in [6.07, 6.45) is 5.03. The third-order valence-electron chi connectivity index (χ3n) is 4.63. The molecule has 1 aliphatic carbocycles. The first-order valence-electron chi connectivity index (χ1n) is 8.49. The second-order valence-corrected chi connectivity index (χ2v) is 7.22. The maximum Gasteiger partial charge on any atom is 0.158 e. The third kappa shape index (κ3) is 2.88. The Kier molecular flexibility index (Phi) is 4.46. The molecule has 4 rings (SSSR count). The van der Waals surface area contributed by atoms with Gasteiger partial charge in [0.2, 0.25) is 0 Å². The van der Waals surface area contributed by atoms with E-state index >= 15 is 0 Å². The molecule has 0 radical (unpaired) electrons. The largest absolute Gasteiger partial charge is 0.497 e. The van der Waals surface area contributed by atoms with E-state index in [1.807, 2.05) is 25.1 Å². The van der Waals surface area contributed by atoms with E-state index in [0.717, 1.165) is 51.7 Å². The van der Waals surface area contributed by atoms with Crippen LogP contribution in [-0.4, -0.2) is 29.9 Å². The Hall–Kier alpha value is -2.67. The van der Waals surface area contributed by atoms with Gasteiger partial charge in [-0.3, -0.25) is 5.43 Å². The number of thiophene rings is 1. The number of hydrogen-bond acceptors (Lipinski definition) is 7. The highest BCUT2D eigenvalue weighted by Crippen LogP contribution is 2.39. The van der Waals surface area contributed by atoms with Crippen molar-refractivity contribution in [2.75, 3.05) is 19.6 Å². The van der Waals surface area contributed by atoms with E-state index in [-0.39, 0.29) is 0 Å². The molecule has 0 fully saturated rings. The Labute approximate surface area is 155 Å². The van der Waals surface area contributed by atoms with Crippen LogP contribution in [0.3, 0.4) is 0 Å². The number of hydrogen-bond donors (Lipinski definition) is 1. The Morgan fingerprint density at radius 2 is 2.08 bits per heavy atom. The van der Waals surface area contributed by atoms with Crippen LogP contribution in [0.1, 0.15) is 29.3 Å². The number of aromatic nitrogens is 2. The van der Waals surface area contributed by atoms with Gasteiger partial charge in [-0.25, -0.2) is 9.97 Å². The number of nitrogens with zero attached hydrogens (tertiary/aromatic N) is 3. The van der Waals surface area contributed by atoms with Gasteiger partial charge >= 0.3 is 0 Å².